The molecule has 1 aromatic rings. The van der Waals surface area contributed by atoms with Gasteiger partial charge in [-0.05, 0) is 49.4 Å². The molecule has 2 rings (SSSR count). The first-order valence-electron chi connectivity index (χ1n) is 5.86. The molecule has 1 aromatic carbocycles. The molecule has 0 amide bonds. The Kier molecular flexibility index (Phi) is 4.22. The van der Waals surface area contributed by atoms with Crippen LogP contribution in [0.3, 0.4) is 0 Å². The maximum absolute atomic E-state index is 5.87. The highest BCUT2D eigenvalue weighted by Gasteiger charge is 2.20. The number of hydrogen-bond acceptors (Lipinski definition) is 2. The monoisotopic (exact) mass is 239 g/mol. The summed E-state index contributed by atoms with van der Waals surface area (Å²) >= 11 is 5.87. The van der Waals surface area contributed by atoms with E-state index in [0.717, 1.165) is 18.1 Å². The number of halogens is 1. The SMILES string of the molecule is NCC(CC1CCCO1)c1ccc(Cl)cc1. The highest BCUT2D eigenvalue weighted by Crippen LogP contribution is 2.27. The first kappa shape index (κ1) is 11.9. The van der Waals surface area contributed by atoms with Crippen LogP contribution in [0.2, 0.25) is 5.02 Å². The van der Waals surface area contributed by atoms with Crippen molar-refractivity contribution in [1.82, 2.24) is 0 Å². The van der Waals surface area contributed by atoms with E-state index < -0.39 is 0 Å². The van der Waals surface area contributed by atoms with Gasteiger partial charge < -0.3 is 10.5 Å². The van der Waals surface area contributed by atoms with Crippen molar-refractivity contribution in [3.63, 3.8) is 0 Å². The van der Waals surface area contributed by atoms with Crippen LogP contribution in [0.5, 0.6) is 0 Å². The molecule has 1 saturated heterocycles. The lowest BCUT2D eigenvalue weighted by molar-refractivity contribution is 0.0984. The van der Waals surface area contributed by atoms with Gasteiger partial charge in [0.1, 0.15) is 0 Å². The second-order valence-electron chi connectivity index (χ2n) is 4.35. The highest BCUT2D eigenvalue weighted by atomic mass is 35.5. The Morgan fingerprint density at radius 2 is 2.12 bits per heavy atom. The van der Waals surface area contributed by atoms with Gasteiger partial charge in [0.25, 0.3) is 0 Å². The summed E-state index contributed by atoms with van der Waals surface area (Å²) in [6.45, 7) is 1.57. The van der Waals surface area contributed by atoms with Crippen LogP contribution >= 0.6 is 11.6 Å². The molecule has 0 radical (unpaired) electrons. The summed E-state index contributed by atoms with van der Waals surface area (Å²) in [6, 6.07) is 7.98. The molecule has 0 bridgehead atoms. The summed E-state index contributed by atoms with van der Waals surface area (Å²) in [6.07, 6.45) is 3.77. The quantitative estimate of drug-likeness (QED) is 0.877. The van der Waals surface area contributed by atoms with E-state index in [9.17, 15) is 0 Å². The molecule has 1 heterocycles. The normalized spacial score (nSPS) is 22.2. The molecule has 0 aliphatic carbocycles. The van der Waals surface area contributed by atoms with E-state index in [1.807, 2.05) is 12.1 Å². The number of hydrogen-bond donors (Lipinski definition) is 1. The molecule has 1 aliphatic heterocycles. The van der Waals surface area contributed by atoms with E-state index in [0.29, 0.717) is 18.6 Å². The number of ether oxygens (including phenoxy) is 1. The molecule has 2 atom stereocenters. The van der Waals surface area contributed by atoms with Crippen molar-refractivity contribution in [2.45, 2.75) is 31.3 Å². The highest BCUT2D eigenvalue weighted by molar-refractivity contribution is 6.30. The third-order valence-electron chi connectivity index (χ3n) is 3.20. The molecular formula is C13H18ClNO. The fourth-order valence-corrected chi connectivity index (χ4v) is 2.38. The maximum atomic E-state index is 5.87. The van der Waals surface area contributed by atoms with Crippen molar-refractivity contribution in [2.24, 2.45) is 5.73 Å². The predicted octanol–water partition coefficient (Wildman–Crippen LogP) is 2.95. The minimum absolute atomic E-state index is 0.389. The van der Waals surface area contributed by atoms with E-state index in [1.54, 1.807) is 0 Å². The summed E-state index contributed by atoms with van der Waals surface area (Å²) in [7, 11) is 0. The number of rotatable bonds is 4. The molecule has 1 aliphatic rings. The van der Waals surface area contributed by atoms with Crippen molar-refractivity contribution in [3.8, 4) is 0 Å². The maximum Gasteiger partial charge on any atom is 0.0582 e. The van der Waals surface area contributed by atoms with Crippen LogP contribution < -0.4 is 5.73 Å². The molecule has 1 fully saturated rings. The Morgan fingerprint density at radius 1 is 1.38 bits per heavy atom. The van der Waals surface area contributed by atoms with E-state index >= 15 is 0 Å². The van der Waals surface area contributed by atoms with Crippen LogP contribution in [-0.2, 0) is 4.74 Å². The molecule has 0 saturated carbocycles. The van der Waals surface area contributed by atoms with Crippen molar-refractivity contribution in [3.05, 3.63) is 34.9 Å². The molecule has 0 aromatic heterocycles. The van der Waals surface area contributed by atoms with Crippen LogP contribution in [-0.4, -0.2) is 19.3 Å². The van der Waals surface area contributed by atoms with Gasteiger partial charge in [-0.2, -0.15) is 0 Å². The van der Waals surface area contributed by atoms with Gasteiger partial charge in [0.05, 0.1) is 6.10 Å². The molecule has 2 nitrogen and oxygen atoms in total. The minimum Gasteiger partial charge on any atom is -0.378 e. The van der Waals surface area contributed by atoms with Gasteiger partial charge in [0, 0.05) is 11.6 Å². The summed E-state index contributed by atoms with van der Waals surface area (Å²) in [5, 5.41) is 0.775. The zero-order valence-electron chi connectivity index (χ0n) is 9.36. The second kappa shape index (κ2) is 5.67. The molecule has 0 spiro atoms. The fraction of sp³-hybridized carbons (Fsp3) is 0.538. The summed E-state index contributed by atoms with van der Waals surface area (Å²) in [4.78, 5) is 0. The predicted molar refractivity (Wildman–Crippen MR) is 66.8 cm³/mol. The van der Waals surface area contributed by atoms with Crippen LogP contribution in [0.15, 0.2) is 24.3 Å². The van der Waals surface area contributed by atoms with Crippen LogP contribution in [0.4, 0.5) is 0 Å². The smallest absolute Gasteiger partial charge is 0.0582 e. The molecule has 2 N–H and O–H groups in total. The van der Waals surface area contributed by atoms with E-state index in [2.05, 4.69) is 12.1 Å². The summed E-state index contributed by atoms with van der Waals surface area (Å²) in [5.41, 5.74) is 7.10. The zero-order valence-corrected chi connectivity index (χ0v) is 10.1. The van der Waals surface area contributed by atoms with Crippen molar-refractivity contribution in [1.29, 1.82) is 0 Å². The Labute approximate surface area is 102 Å². The van der Waals surface area contributed by atoms with Gasteiger partial charge in [-0.25, -0.2) is 0 Å². The van der Waals surface area contributed by atoms with Crippen molar-refractivity contribution < 1.29 is 4.74 Å². The van der Waals surface area contributed by atoms with Crippen LogP contribution in [0, 0.1) is 0 Å². The third-order valence-corrected chi connectivity index (χ3v) is 3.45. The van der Waals surface area contributed by atoms with Gasteiger partial charge in [0.15, 0.2) is 0 Å². The first-order valence-corrected chi connectivity index (χ1v) is 6.24. The lowest BCUT2D eigenvalue weighted by Gasteiger charge is -2.19. The van der Waals surface area contributed by atoms with Gasteiger partial charge >= 0.3 is 0 Å². The van der Waals surface area contributed by atoms with Crippen molar-refractivity contribution >= 4 is 11.6 Å². The molecule has 88 valence electrons. The molecule has 16 heavy (non-hydrogen) atoms. The fourth-order valence-electron chi connectivity index (χ4n) is 2.25. The molecular weight excluding hydrogens is 222 g/mol. The summed E-state index contributed by atoms with van der Waals surface area (Å²) in [5.74, 6) is 0.389. The first-order chi connectivity index (χ1) is 7.79. The standard InChI is InChI=1S/C13H18ClNO/c14-12-5-3-10(4-6-12)11(9-15)8-13-2-1-7-16-13/h3-6,11,13H,1-2,7-9,15H2. The Balaban J connectivity index is 2.00. The van der Waals surface area contributed by atoms with Crippen LogP contribution in [0.25, 0.3) is 0 Å². The van der Waals surface area contributed by atoms with E-state index in [-0.39, 0.29) is 0 Å². The van der Waals surface area contributed by atoms with Gasteiger partial charge in [0.2, 0.25) is 0 Å². The number of nitrogens with two attached hydrogens (primary N) is 1. The average Bonchev–Trinajstić information content (AvgIpc) is 2.80. The lowest BCUT2D eigenvalue weighted by Crippen LogP contribution is -2.18. The topological polar surface area (TPSA) is 35.2 Å². The lowest BCUT2D eigenvalue weighted by atomic mass is 9.92. The Bertz CT molecular complexity index is 319. The van der Waals surface area contributed by atoms with Gasteiger partial charge in [-0.15, -0.1) is 0 Å². The minimum atomic E-state index is 0.389. The largest absolute Gasteiger partial charge is 0.378 e. The van der Waals surface area contributed by atoms with E-state index in [1.165, 1.54) is 18.4 Å². The van der Waals surface area contributed by atoms with Crippen LogP contribution in [0.1, 0.15) is 30.7 Å². The Morgan fingerprint density at radius 3 is 2.69 bits per heavy atom. The Hall–Kier alpha value is -0.570. The van der Waals surface area contributed by atoms with Gasteiger partial charge in [-0.3, -0.25) is 0 Å². The second-order valence-corrected chi connectivity index (χ2v) is 4.79. The van der Waals surface area contributed by atoms with E-state index in [4.69, 9.17) is 22.1 Å². The zero-order chi connectivity index (χ0) is 11.4. The van der Waals surface area contributed by atoms with Crippen molar-refractivity contribution in [2.75, 3.05) is 13.2 Å². The number of benzene rings is 1. The molecule has 3 heteroatoms. The molecule has 2 unspecified atom stereocenters. The average molecular weight is 240 g/mol. The van der Waals surface area contributed by atoms with Gasteiger partial charge in [-0.1, -0.05) is 23.7 Å². The summed E-state index contributed by atoms with van der Waals surface area (Å²) < 4.78 is 5.65. The third kappa shape index (κ3) is 2.97.